The molecule has 0 spiro atoms. The molecule has 68 valence electrons. The van der Waals surface area contributed by atoms with Gasteiger partial charge in [0, 0.05) is 18.0 Å². The molecule has 1 heterocycles. The van der Waals surface area contributed by atoms with Crippen molar-refractivity contribution in [3.05, 3.63) is 42.5 Å². The summed E-state index contributed by atoms with van der Waals surface area (Å²) in [6.07, 6.45) is 5.23. The molecule has 2 nitrogen and oxygen atoms in total. The molecule has 0 aromatic carbocycles. The summed E-state index contributed by atoms with van der Waals surface area (Å²) in [4.78, 5) is 3.94. The topological polar surface area (TPSA) is 25.5 Å². The fraction of sp³-hybridized carbons (Fsp3) is 0.182. The van der Waals surface area contributed by atoms with Crippen molar-refractivity contribution in [1.29, 1.82) is 0 Å². The Labute approximate surface area is 78.3 Å². The van der Waals surface area contributed by atoms with E-state index in [2.05, 4.69) is 11.6 Å². The van der Waals surface area contributed by atoms with E-state index in [0.717, 1.165) is 17.1 Å². The summed E-state index contributed by atoms with van der Waals surface area (Å²) in [5.74, 6) is 1.68. The molecule has 0 unspecified atom stereocenters. The lowest BCUT2D eigenvalue weighted by Crippen LogP contribution is -1.71. The van der Waals surface area contributed by atoms with E-state index in [9.17, 15) is 0 Å². The molecule has 2 heteroatoms. The van der Waals surface area contributed by atoms with Gasteiger partial charge in [0.1, 0.15) is 11.5 Å². The largest absolute Gasteiger partial charge is 0.461 e. The van der Waals surface area contributed by atoms with Crippen LogP contribution in [0.1, 0.15) is 18.4 Å². The van der Waals surface area contributed by atoms with E-state index in [0.29, 0.717) is 0 Å². The van der Waals surface area contributed by atoms with Crippen LogP contribution in [-0.2, 0) is 0 Å². The average Bonchev–Trinajstić information content (AvgIpc) is 2.52. The third-order valence-corrected chi connectivity index (χ3v) is 1.57. The number of furan rings is 1. The van der Waals surface area contributed by atoms with Gasteiger partial charge in [-0.25, -0.2) is 0 Å². The molecule has 0 amide bonds. The first kappa shape index (κ1) is 9.52. The number of nitrogens with zero attached hydrogens (tertiary/aromatic N) is 1. The molecule has 1 rings (SSSR count). The van der Waals surface area contributed by atoms with Crippen LogP contribution < -0.4 is 0 Å². The van der Waals surface area contributed by atoms with E-state index in [1.165, 1.54) is 0 Å². The van der Waals surface area contributed by atoms with Gasteiger partial charge >= 0.3 is 0 Å². The predicted octanol–water partition coefficient (Wildman–Crippen LogP) is 3.21. The first-order valence-corrected chi connectivity index (χ1v) is 4.14. The maximum absolute atomic E-state index is 5.37. The average molecular weight is 175 g/mol. The molecule has 1 aromatic rings. The van der Waals surface area contributed by atoms with Crippen molar-refractivity contribution in [3.63, 3.8) is 0 Å². The summed E-state index contributed by atoms with van der Waals surface area (Å²) in [6, 6.07) is 3.81. The van der Waals surface area contributed by atoms with Crippen LogP contribution in [0.5, 0.6) is 0 Å². The smallest absolute Gasteiger partial charge is 0.133 e. The normalized spacial score (nSPS) is 11.5. The molecule has 0 aliphatic heterocycles. The Morgan fingerprint density at radius 1 is 1.54 bits per heavy atom. The second-order valence-electron chi connectivity index (χ2n) is 2.66. The lowest BCUT2D eigenvalue weighted by molar-refractivity contribution is 0.522. The van der Waals surface area contributed by atoms with Crippen LogP contribution in [0.4, 0.5) is 0 Å². The molecule has 1 aromatic heterocycles. The van der Waals surface area contributed by atoms with Crippen LogP contribution in [0.3, 0.4) is 0 Å². The summed E-state index contributed by atoms with van der Waals surface area (Å²) >= 11 is 0. The van der Waals surface area contributed by atoms with E-state index in [1.807, 2.05) is 32.1 Å². The molecule has 0 radical (unpaired) electrons. The lowest BCUT2D eigenvalue weighted by Gasteiger charge is -1.91. The van der Waals surface area contributed by atoms with Crippen molar-refractivity contribution in [2.24, 2.45) is 4.99 Å². The molecule has 13 heavy (non-hydrogen) atoms. The Morgan fingerprint density at radius 2 is 2.31 bits per heavy atom. The van der Waals surface area contributed by atoms with Crippen molar-refractivity contribution >= 4 is 11.8 Å². The predicted molar refractivity (Wildman–Crippen MR) is 55.8 cm³/mol. The van der Waals surface area contributed by atoms with Crippen LogP contribution in [-0.4, -0.2) is 6.21 Å². The fourth-order valence-electron chi connectivity index (χ4n) is 0.908. The van der Waals surface area contributed by atoms with Crippen molar-refractivity contribution in [3.8, 4) is 0 Å². The molecular weight excluding hydrogens is 162 g/mol. The standard InChI is InChI=1S/C11H13NO/c1-4-12-8-7-9(2)11-6-5-10(3)13-11/h4-8H,2H2,1,3H3/b8-7-,12-4?. The maximum atomic E-state index is 5.37. The molecule has 0 atom stereocenters. The molecule has 0 bridgehead atoms. The van der Waals surface area contributed by atoms with Crippen molar-refractivity contribution in [2.75, 3.05) is 0 Å². The van der Waals surface area contributed by atoms with Gasteiger partial charge in [0.05, 0.1) is 0 Å². The molecule has 0 N–H and O–H groups in total. The first-order valence-electron chi connectivity index (χ1n) is 4.14. The molecule has 0 fully saturated rings. The Morgan fingerprint density at radius 3 is 2.85 bits per heavy atom. The van der Waals surface area contributed by atoms with Gasteiger partial charge in [-0.05, 0) is 32.1 Å². The Bertz CT molecular complexity index is 345. The minimum atomic E-state index is 0.792. The van der Waals surface area contributed by atoms with Crippen molar-refractivity contribution in [2.45, 2.75) is 13.8 Å². The number of rotatable bonds is 3. The van der Waals surface area contributed by atoms with Gasteiger partial charge in [-0.15, -0.1) is 0 Å². The van der Waals surface area contributed by atoms with Crippen LogP contribution in [0, 0.1) is 6.92 Å². The highest BCUT2D eigenvalue weighted by atomic mass is 16.3. The van der Waals surface area contributed by atoms with E-state index in [1.54, 1.807) is 12.4 Å². The summed E-state index contributed by atoms with van der Waals surface area (Å²) in [5, 5.41) is 0. The zero-order valence-electron chi connectivity index (χ0n) is 7.95. The molecular formula is C11H13NO. The molecule has 0 saturated carbocycles. The lowest BCUT2D eigenvalue weighted by atomic mass is 10.2. The van der Waals surface area contributed by atoms with Gasteiger partial charge in [-0.3, -0.25) is 4.99 Å². The van der Waals surface area contributed by atoms with Gasteiger partial charge in [0.2, 0.25) is 0 Å². The minimum Gasteiger partial charge on any atom is -0.461 e. The number of aliphatic imine (C=N–C) groups is 1. The molecule has 0 aliphatic rings. The summed E-state index contributed by atoms with van der Waals surface area (Å²) in [7, 11) is 0. The zero-order valence-corrected chi connectivity index (χ0v) is 7.95. The van der Waals surface area contributed by atoms with E-state index >= 15 is 0 Å². The van der Waals surface area contributed by atoms with Gasteiger partial charge in [0.25, 0.3) is 0 Å². The van der Waals surface area contributed by atoms with Gasteiger partial charge in [0.15, 0.2) is 0 Å². The number of hydrogen-bond acceptors (Lipinski definition) is 2. The quantitative estimate of drug-likeness (QED) is 0.511. The molecule has 0 saturated heterocycles. The third-order valence-electron chi connectivity index (χ3n) is 1.57. The number of hydrogen-bond donors (Lipinski definition) is 0. The number of allylic oxidation sites excluding steroid dienone is 2. The maximum Gasteiger partial charge on any atom is 0.133 e. The van der Waals surface area contributed by atoms with Crippen LogP contribution in [0.15, 0.2) is 40.4 Å². The van der Waals surface area contributed by atoms with Gasteiger partial charge < -0.3 is 4.42 Å². The monoisotopic (exact) mass is 175 g/mol. The van der Waals surface area contributed by atoms with Crippen molar-refractivity contribution < 1.29 is 4.42 Å². The molecule has 0 aliphatic carbocycles. The van der Waals surface area contributed by atoms with Gasteiger partial charge in [-0.1, -0.05) is 6.58 Å². The summed E-state index contributed by atoms with van der Waals surface area (Å²) < 4.78 is 5.37. The SMILES string of the molecule is C=C(/C=C\N=CC)c1ccc(C)o1. The number of aryl methyl sites for hydroxylation is 1. The van der Waals surface area contributed by atoms with E-state index < -0.39 is 0 Å². The minimum absolute atomic E-state index is 0.792. The second-order valence-corrected chi connectivity index (χ2v) is 2.66. The fourth-order valence-corrected chi connectivity index (χ4v) is 0.908. The van der Waals surface area contributed by atoms with Gasteiger partial charge in [-0.2, -0.15) is 0 Å². The highest BCUT2D eigenvalue weighted by molar-refractivity contribution is 5.68. The Kier molecular flexibility index (Phi) is 3.26. The highest BCUT2D eigenvalue weighted by Gasteiger charge is 1.98. The van der Waals surface area contributed by atoms with Crippen LogP contribution >= 0.6 is 0 Å². The highest BCUT2D eigenvalue weighted by Crippen LogP contribution is 2.16. The summed E-state index contributed by atoms with van der Waals surface area (Å²) in [5.41, 5.74) is 0.832. The van der Waals surface area contributed by atoms with Crippen LogP contribution in [0.25, 0.3) is 5.57 Å². The Hall–Kier alpha value is -1.57. The Balaban J connectivity index is 2.69. The van der Waals surface area contributed by atoms with E-state index in [4.69, 9.17) is 4.42 Å². The third kappa shape index (κ3) is 2.75. The van der Waals surface area contributed by atoms with Crippen LogP contribution in [0.2, 0.25) is 0 Å². The van der Waals surface area contributed by atoms with E-state index in [-0.39, 0.29) is 0 Å². The van der Waals surface area contributed by atoms with Crippen molar-refractivity contribution in [1.82, 2.24) is 0 Å². The second kappa shape index (κ2) is 4.45. The zero-order chi connectivity index (χ0) is 9.68. The first-order chi connectivity index (χ1) is 6.24. The summed E-state index contributed by atoms with van der Waals surface area (Å²) in [6.45, 7) is 7.63.